The molecule has 1 aliphatic heterocycles. The molecule has 1 fully saturated rings. The molecule has 282 valence electrons. The second kappa shape index (κ2) is 20.9. The van der Waals surface area contributed by atoms with Crippen molar-refractivity contribution in [3.63, 3.8) is 0 Å². The van der Waals surface area contributed by atoms with Gasteiger partial charge >= 0.3 is 0 Å². The maximum Gasteiger partial charge on any atom is 0.117 e. The highest BCUT2D eigenvalue weighted by Gasteiger charge is 2.48. The Morgan fingerprint density at radius 3 is 1.74 bits per heavy atom. The summed E-state index contributed by atoms with van der Waals surface area (Å²) in [5.74, 6) is 0. The highest BCUT2D eigenvalue weighted by atomic mass is 16.6. The van der Waals surface area contributed by atoms with Gasteiger partial charge in [0.15, 0.2) is 0 Å². The van der Waals surface area contributed by atoms with E-state index in [9.17, 15) is 0 Å². The molecular formula is C49H56O5. The van der Waals surface area contributed by atoms with Crippen LogP contribution in [0.5, 0.6) is 0 Å². The smallest absolute Gasteiger partial charge is 0.117 e. The normalized spacial score (nSPS) is 19.8. The van der Waals surface area contributed by atoms with Crippen molar-refractivity contribution in [2.45, 2.75) is 96.3 Å². The Labute approximate surface area is 322 Å². The van der Waals surface area contributed by atoms with Crippen molar-refractivity contribution >= 4 is 0 Å². The molecule has 5 aromatic rings. The molecule has 0 spiro atoms. The van der Waals surface area contributed by atoms with Crippen LogP contribution in [0.2, 0.25) is 0 Å². The molecule has 0 unspecified atom stereocenters. The largest absolute Gasteiger partial charge is 0.377 e. The number of unbranched alkanes of at least 4 members (excludes halogenated alkanes) is 1. The topological polar surface area (TPSA) is 46.2 Å². The van der Waals surface area contributed by atoms with Gasteiger partial charge in [0.25, 0.3) is 0 Å². The molecule has 1 saturated heterocycles. The lowest BCUT2D eigenvalue weighted by molar-refractivity contribution is -0.267. The lowest BCUT2D eigenvalue weighted by Crippen LogP contribution is -2.57. The Balaban J connectivity index is 1.26. The number of ether oxygens (including phenoxy) is 5. The second-order valence-electron chi connectivity index (χ2n) is 14.3. The van der Waals surface area contributed by atoms with Gasteiger partial charge in [-0.3, -0.25) is 0 Å². The molecule has 1 heterocycles. The number of hydrogen-bond acceptors (Lipinski definition) is 5. The molecule has 5 heteroatoms. The van der Waals surface area contributed by atoms with Crippen molar-refractivity contribution in [3.8, 4) is 0 Å². The van der Waals surface area contributed by atoms with Gasteiger partial charge in [-0.2, -0.15) is 0 Å². The van der Waals surface area contributed by atoms with E-state index in [1.54, 1.807) is 6.08 Å². The number of hydrogen-bond donors (Lipinski definition) is 0. The fourth-order valence-electron chi connectivity index (χ4n) is 7.19. The van der Waals surface area contributed by atoms with Crippen LogP contribution in [0.25, 0.3) is 0 Å². The SMILES string of the molecule is C=CCOCCCCc1ccc(Cc2cc([C@@H]3O[C@H](CC)[C@@H](OCc4ccccc4)[C@H](OCc4ccccc4)[C@H]3OCc3ccccc3)ccc2C)cc1. The zero-order valence-electron chi connectivity index (χ0n) is 32.0. The number of rotatable bonds is 20. The van der Waals surface area contributed by atoms with Gasteiger partial charge in [0, 0.05) is 6.61 Å². The molecule has 5 atom stereocenters. The van der Waals surface area contributed by atoms with E-state index in [1.807, 2.05) is 30.3 Å². The van der Waals surface area contributed by atoms with E-state index in [4.69, 9.17) is 23.7 Å². The van der Waals surface area contributed by atoms with Crippen molar-refractivity contribution in [3.05, 3.63) is 191 Å². The summed E-state index contributed by atoms with van der Waals surface area (Å²) >= 11 is 0. The summed E-state index contributed by atoms with van der Waals surface area (Å²) in [5, 5.41) is 0. The van der Waals surface area contributed by atoms with Gasteiger partial charge in [-0.25, -0.2) is 0 Å². The van der Waals surface area contributed by atoms with E-state index in [0.717, 1.165) is 61.0 Å². The van der Waals surface area contributed by atoms with Crippen LogP contribution in [0.1, 0.15) is 76.8 Å². The van der Waals surface area contributed by atoms with Crippen LogP contribution in [-0.2, 0) is 56.3 Å². The van der Waals surface area contributed by atoms with E-state index in [1.165, 1.54) is 22.3 Å². The average molecular weight is 725 g/mol. The van der Waals surface area contributed by atoms with Crippen LogP contribution in [0.15, 0.2) is 146 Å². The minimum atomic E-state index is -0.422. The molecule has 0 aromatic heterocycles. The van der Waals surface area contributed by atoms with Gasteiger partial charge in [0.2, 0.25) is 0 Å². The third-order valence-corrected chi connectivity index (χ3v) is 10.3. The first-order chi connectivity index (χ1) is 26.6. The van der Waals surface area contributed by atoms with E-state index in [-0.39, 0.29) is 24.4 Å². The number of benzene rings is 5. The molecule has 0 saturated carbocycles. The van der Waals surface area contributed by atoms with Crippen molar-refractivity contribution in [2.24, 2.45) is 0 Å². The molecule has 5 aromatic carbocycles. The van der Waals surface area contributed by atoms with Crippen molar-refractivity contribution in [1.29, 1.82) is 0 Å². The summed E-state index contributed by atoms with van der Waals surface area (Å²) in [4.78, 5) is 0. The van der Waals surface area contributed by atoms with Gasteiger partial charge in [-0.1, -0.05) is 146 Å². The summed E-state index contributed by atoms with van der Waals surface area (Å²) in [5.41, 5.74) is 9.61. The van der Waals surface area contributed by atoms with E-state index < -0.39 is 6.10 Å². The van der Waals surface area contributed by atoms with E-state index in [0.29, 0.717) is 26.4 Å². The summed E-state index contributed by atoms with van der Waals surface area (Å²) in [6, 6.07) is 46.8. The van der Waals surface area contributed by atoms with Crippen LogP contribution in [-0.4, -0.2) is 37.6 Å². The molecule has 0 amide bonds. The van der Waals surface area contributed by atoms with Gasteiger partial charge in [-0.05, 0) is 83.5 Å². The third-order valence-electron chi connectivity index (χ3n) is 10.3. The molecule has 0 N–H and O–H groups in total. The standard InChI is InChI=1S/C49H56O5/c1-4-30-50-31-16-15-17-38-25-27-39(28-26-38)32-44-33-43(29-24-37(44)3)46-48(52-35-41-20-11-7-12-21-41)49(53-36-42-22-13-8-14-23-42)47(45(5-2)54-46)51-34-40-18-9-6-10-19-40/h4,6-14,18-29,33,45-49H,1,5,15-17,30-32,34-36H2,2-3H3/t45-,46+,47-,48+,49+/m1/s1. The highest BCUT2D eigenvalue weighted by molar-refractivity contribution is 5.38. The minimum absolute atomic E-state index is 0.193. The maximum atomic E-state index is 7.09. The molecule has 0 aliphatic carbocycles. The fraction of sp³-hybridized carbons (Fsp3) is 0.347. The first kappa shape index (κ1) is 39.3. The van der Waals surface area contributed by atoms with Crippen molar-refractivity contribution in [2.75, 3.05) is 13.2 Å². The Morgan fingerprint density at radius 2 is 1.17 bits per heavy atom. The van der Waals surface area contributed by atoms with Crippen molar-refractivity contribution < 1.29 is 23.7 Å². The zero-order chi connectivity index (χ0) is 37.4. The van der Waals surface area contributed by atoms with Crippen LogP contribution < -0.4 is 0 Å². The molecule has 0 bridgehead atoms. The summed E-state index contributed by atoms with van der Waals surface area (Å²) in [6.07, 6.45) is 4.95. The Kier molecular flexibility index (Phi) is 15.2. The Bertz CT molecular complexity index is 1810. The van der Waals surface area contributed by atoms with Crippen LogP contribution >= 0.6 is 0 Å². The summed E-state index contributed by atoms with van der Waals surface area (Å²) in [7, 11) is 0. The van der Waals surface area contributed by atoms with Crippen LogP contribution in [0.4, 0.5) is 0 Å². The predicted octanol–water partition coefficient (Wildman–Crippen LogP) is 10.7. The molecular weight excluding hydrogens is 669 g/mol. The van der Waals surface area contributed by atoms with Gasteiger partial charge in [-0.15, -0.1) is 6.58 Å². The van der Waals surface area contributed by atoms with Crippen LogP contribution in [0, 0.1) is 6.92 Å². The monoisotopic (exact) mass is 724 g/mol. The summed E-state index contributed by atoms with van der Waals surface area (Å²) in [6.45, 7) is 10.8. The molecule has 6 rings (SSSR count). The third kappa shape index (κ3) is 11.3. The molecule has 1 aliphatic rings. The highest BCUT2D eigenvalue weighted by Crippen LogP contribution is 2.40. The van der Waals surface area contributed by atoms with Gasteiger partial charge in [0.1, 0.15) is 24.4 Å². The second-order valence-corrected chi connectivity index (χ2v) is 14.3. The van der Waals surface area contributed by atoms with Gasteiger partial charge < -0.3 is 23.7 Å². The van der Waals surface area contributed by atoms with Crippen molar-refractivity contribution in [1.82, 2.24) is 0 Å². The molecule has 0 radical (unpaired) electrons. The maximum absolute atomic E-state index is 7.09. The number of aryl methyl sites for hydroxylation is 2. The average Bonchev–Trinajstić information content (AvgIpc) is 3.22. The van der Waals surface area contributed by atoms with Gasteiger partial charge in [0.05, 0.1) is 32.5 Å². The van der Waals surface area contributed by atoms with Crippen LogP contribution in [0.3, 0.4) is 0 Å². The molecule has 54 heavy (non-hydrogen) atoms. The first-order valence-electron chi connectivity index (χ1n) is 19.6. The van der Waals surface area contributed by atoms with E-state index >= 15 is 0 Å². The minimum Gasteiger partial charge on any atom is -0.377 e. The quantitative estimate of drug-likeness (QED) is 0.0591. The summed E-state index contributed by atoms with van der Waals surface area (Å²) < 4.78 is 33.3. The van der Waals surface area contributed by atoms with E-state index in [2.05, 4.69) is 124 Å². The predicted molar refractivity (Wildman–Crippen MR) is 217 cm³/mol. The lowest BCUT2D eigenvalue weighted by atomic mass is 9.87. The Hall–Kier alpha value is -4.36. The fourth-order valence-corrected chi connectivity index (χ4v) is 7.19. The zero-order valence-corrected chi connectivity index (χ0v) is 32.0. The Morgan fingerprint density at radius 1 is 0.611 bits per heavy atom. The first-order valence-corrected chi connectivity index (χ1v) is 19.6. The molecule has 5 nitrogen and oxygen atoms in total. The lowest BCUT2D eigenvalue weighted by Gasteiger charge is -2.46.